The molecule has 3 heterocycles. The number of H-pyrrole nitrogens is 1. The lowest BCUT2D eigenvalue weighted by Crippen LogP contribution is -2.46. The van der Waals surface area contributed by atoms with Gasteiger partial charge in [0.25, 0.3) is 0 Å². The highest BCUT2D eigenvalue weighted by Gasteiger charge is 2.41. The second kappa shape index (κ2) is 6.69. The highest BCUT2D eigenvalue weighted by Crippen LogP contribution is 2.45. The zero-order valence-corrected chi connectivity index (χ0v) is 14.9. The number of piperidine rings is 1. The van der Waals surface area contributed by atoms with Crippen LogP contribution in [0.2, 0.25) is 0 Å². The number of hydrogen-bond acceptors (Lipinski definition) is 5. The number of fused-ring (bicyclic) bond motifs is 2. The summed E-state index contributed by atoms with van der Waals surface area (Å²) in [5, 5.41) is 0. The molecule has 0 bridgehead atoms. The molecule has 1 saturated heterocycles. The second-order valence-corrected chi connectivity index (χ2v) is 6.81. The van der Waals surface area contributed by atoms with Crippen molar-refractivity contribution in [2.24, 2.45) is 0 Å². The number of rotatable bonds is 4. The van der Waals surface area contributed by atoms with Crippen molar-refractivity contribution in [3.8, 4) is 11.5 Å². The minimum absolute atomic E-state index is 0.197. The zero-order valence-electron chi connectivity index (χ0n) is 14.9. The molecule has 0 saturated carbocycles. The number of ether oxygens (including phenoxy) is 3. The van der Waals surface area contributed by atoms with Crippen molar-refractivity contribution in [1.29, 1.82) is 0 Å². The molecule has 1 N–H and O–H groups in total. The Bertz CT molecular complexity index is 722. The summed E-state index contributed by atoms with van der Waals surface area (Å²) in [7, 11) is 3.38. The summed E-state index contributed by atoms with van der Waals surface area (Å²) in [5.41, 5.74) is 3.56. The lowest BCUT2D eigenvalue weighted by atomic mass is 9.79. The Hall–Kier alpha value is -2.05. The average Bonchev–Trinajstić information content (AvgIpc) is 3.16. The number of aromatic amines is 1. The summed E-state index contributed by atoms with van der Waals surface area (Å²) in [6.45, 7) is 3.69. The molecule has 2 aliphatic heterocycles. The average molecular weight is 343 g/mol. The summed E-state index contributed by atoms with van der Waals surface area (Å²) in [5.74, 6) is 1.58. The van der Waals surface area contributed by atoms with E-state index in [1.54, 1.807) is 20.5 Å². The minimum Gasteiger partial charge on any atom is -0.493 e. The number of nitrogens with one attached hydrogen (secondary N) is 1. The van der Waals surface area contributed by atoms with Gasteiger partial charge in [-0.05, 0) is 42.5 Å². The van der Waals surface area contributed by atoms with Gasteiger partial charge in [0.2, 0.25) is 0 Å². The molecule has 6 nitrogen and oxygen atoms in total. The molecule has 4 rings (SSSR count). The Kier molecular flexibility index (Phi) is 4.39. The molecular formula is C19H25N3O3. The molecular weight excluding hydrogens is 318 g/mol. The van der Waals surface area contributed by atoms with Crippen molar-refractivity contribution in [3.63, 3.8) is 0 Å². The van der Waals surface area contributed by atoms with Crippen LogP contribution in [-0.2, 0) is 23.3 Å². The number of hydrogen-bond donors (Lipinski definition) is 1. The van der Waals surface area contributed by atoms with E-state index in [0.717, 1.165) is 62.7 Å². The van der Waals surface area contributed by atoms with Crippen LogP contribution in [0.1, 0.15) is 29.7 Å². The van der Waals surface area contributed by atoms with Gasteiger partial charge in [-0.15, -0.1) is 0 Å². The summed E-state index contributed by atoms with van der Waals surface area (Å²) in [6.07, 6.45) is 6.54. The van der Waals surface area contributed by atoms with Crippen molar-refractivity contribution >= 4 is 0 Å². The largest absolute Gasteiger partial charge is 0.493 e. The first-order valence-corrected chi connectivity index (χ1v) is 8.83. The molecule has 134 valence electrons. The summed E-state index contributed by atoms with van der Waals surface area (Å²) in [6, 6.07) is 4.24. The van der Waals surface area contributed by atoms with Crippen molar-refractivity contribution in [1.82, 2.24) is 14.9 Å². The van der Waals surface area contributed by atoms with Gasteiger partial charge in [0.15, 0.2) is 11.5 Å². The SMILES string of the molecule is COc1cc2c(cc1OC)C1(CCN(Cc3cnc[nH]3)CC1)OCC2. The van der Waals surface area contributed by atoms with Gasteiger partial charge in [-0.2, -0.15) is 0 Å². The number of methoxy groups -OCH3 is 2. The molecule has 2 aromatic rings. The fourth-order valence-corrected chi connectivity index (χ4v) is 4.08. The molecule has 6 heteroatoms. The number of imidazole rings is 1. The van der Waals surface area contributed by atoms with E-state index in [2.05, 4.69) is 27.0 Å². The maximum atomic E-state index is 6.35. The van der Waals surface area contributed by atoms with Crippen molar-refractivity contribution in [2.45, 2.75) is 31.4 Å². The molecule has 25 heavy (non-hydrogen) atoms. The van der Waals surface area contributed by atoms with Gasteiger partial charge < -0.3 is 19.2 Å². The van der Waals surface area contributed by atoms with Gasteiger partial charge in [0, 0.05) is 31.5 Å². The Morgan fingerprint density at radius 1 is 1.20 bits per heavy atom. The third kappa shape index (κ3) is 3.00. The predicted molar refractivity (Wildman–Crippen MR) is 94.0 cm³/mol. The van der Waals surface area contributed by atoms with Crippen LogP contribution in [0.3, 0.4) is 0 Å². The van der Waals surface area contributed by atoms with E-state index in [9.17, 15) is 0 Å². The summed E-state index contributed by atoms with van der Waals surface area (Å²) >= 11 is 0. The molecule has 0 radical (unpaired) electrons. The first-order chi connectivity index (χ1) is 12.2. The van der Waals surface area contributed by atoms with E-state index >= 15 is 0 Å². The Morgan fingerprint density at radius 3 is 2.64 bits per heavy atom. The molecule has 1 aromatic heterocycles. The third-order valence-corrected chi connectivity index (χ3v) is 5.46. The van der Waals surface area contributed by atoms with Crippen LogP contribution in [0.15, 0.2) is 24.7 Å². The molecule has 1 spiro atoms. The highest BCUT2D eigenvalue weighted by molar-refractivity contribution is 5.50. The van der Waals surface area contributed by atoms with Crippen LogP contribution in [0, 0.1) is 0 Å². The van der Waals surface area contributed by atoms with E-state index in [-0.39, 0.29) is 5.60 Å². The number of nitrogens with zero attached hydrogens (tertiary/aromatic N) is 2. The maximum Gasteiger partial charge on any atom is 0.161 e. The quantitative estimate of drug-likeness (QED) is 0.924. The van der Waals surface area contributed by atoms with E-state index in [4.69, 9.17) is 14.2 Å². The normalized spacial score (nSPS) is 19.6. The fraction of sp³-hybridized carbons (Fsp3) is 0.526. The van der Waals surface area contributed by atoms with E-state index in [1.807, 2.05) is 6.20 Å². The monoisotopic (exact) mass is 343 g/mol. The van der Waals surface area contributed by atoms with Crippen LogP contribution < -0.4 is 9.47 Å². The molecule has 0 aliphatic carbocycles. The van der Waals surface area contributed by atoms with Gasteiger partial charge in [0.1, 0.15) is 0 Å². The van der Waals surface area contributed by atoms with E-state index in [0.29, 0.717) is 0 Å². The Morgan fingerprint density at radius 2 is 1.96 bits per heavy atom. The smallest absolute Gasteiger partial charge is 0.161 e. The van der Waals surface area contributed by atoms with Crippen molar-refractivity contribution < 1.29 is 14.2 Å². The molecule has 0 atom stereocenters. The number of aromatic nitrogens is 2. The number of benzene rings is 1. The lowest BCUT2D eigenvalue weighted by Gasteiger charge is -2.45. The van der Waals surface area contributed by atoms with E-state index in [1.165, 1.54) is 11.1 Å². The minimum atomic E-state index is -0.197. The van der Waals surface area contributed by atoms with Crippen LogP contribution in [-0.4, -0.2) is 48.8 Å². The van der Waals surface area contributed by atoms with Gasteiger partial charge >= 0.3 is 0 Å². The van der Waals surface area contributed by atoms with Crippen LogP contribution in [0.4, 0.5) is 0 Å². The first kappa shape index (κ1) is 16.4. The predicted octanol–water partition coefficient (Wildman–Crippen LogP) is 2.49. The topological polar surface area (TPSA) is 59.6 Å². The fourth-order valence-electron chi connectivity index (χ4n) is 4.08. The summed E-state index contributed by atoms with van der Waals surface area (Å²) < 4.78 is 17.3. The zero-order chi connectivity index (χ0) is 17.3. The Balaban J connectivity index is 1.56. The standard InChI is InChI=1S/C19H25N3O3/c1-23-17-9-14-3-8-25-19(16(14)10-18(17)24-2)4-6-22(7-5-19)12-15-11-20-13-21-15/h9-11,13H,3-8,12H2,1-2H3,(H,20,21). The maximum absolute atomic E-state index is 6.35. The van der Waals surface area contributed by atoms with Gasteiger partial charge in [0.05, 0.1) is 32.8 Å². The molecule has 0 unspecified atom stereocenters. The van der Waals surface area contributed by atoms with Gasteiger partial charge in [-0.1, -0.05) is 0 Å². The lowest BCUT2D eigenvalue weighted by molar-refractivity contribution is -0.0991. The summed E-state index contributed by atoms with van der Waals surface area (Å²) in [4.78, 5) is 9.74. The van der Waals surface area contributed by atoms with Crippen molar-refractivity contribution in [3.05, 3.63) is 41.5 Å². The third-order valence-electron chi connectivity index (χ3n) is 5.46. The van der Waals surface area contributed by atoms with Gasteiger partial charge in [-0.3, -0.25) is 4.90 Å². The molecule has 0 amide bonds. The second-order valence-electron chi connectivity index (χ2n) is 6.81. The Labute approximate surface area is 148 Å². The molecule has 1 fully saturated rings. The van der Waals surface area contributed by atoms with Crippen LogP contribution in [0.5, 0.6) is 11.5 Å². The highest BCUT2D eigenvalue weighted by atomic mass is 16.5. The molecule has 2 aliphatic rings. The van der Waals surface area contributed by atoms with E-state index < -0.39 is 0 Å². The molecule has 1 aromatic carbocycles. The van der Waals surface area contributed by atoms with Crippen molar-refractivity contribution in [2.75, 3.05) is 33.9 Å². The number of likely N-dealkylation sites (tertiary alicyclic amines) is 1. The van der Waals surface area contributed by atoms with Crippen LogP contribution in [0.25, 0.3) is 0 Å². The first-order valence-electron chi connectivity index (χ1n) is 8.83. The van der Waals surface area contributed by atoms with Gasteiger partial charge in [-0.25, -0.2) is 4.98 Å². The van der Waals surface area contributed by atoms with Crippen LogP contribution >= 0.6 is 0 Å².